The van der Waals surface area contributed by atoms with Crippen molar-refractivity contribution in [2.24, 2.45) is 0 Å². The predicted molar refractivity (Wildman–Crippen MR) is 127 cm³/mol. The molecular weight excluding hydrogens is 446 g/mol. The van der Waals surface area contributed by atoms with Gasteiger partial charge in [0.1, 0.15) is 24.1 Å². The summed E-state index contributed by atoms with van der Waals surface area (Å²) in [5.74, 6) is 0.113. The lowest BCUT2D eigenvalue weighted by molar-refractivity contribution is -0.139. The van der Waals surface area contributed by atoms with Crippen molar-refractivity contribution in [1.82, 2.24) is 10.2 Å². The third-order valence-corrected chi connectivity index (χ3v) is 6.17. The fourth-order valence-electron chi connectivity index (χ4n) is 3.25. The van der Waals surface area contributed by atoms with Crippen molar-refractivity contribution in [3.8, 4) is 11.5 Å². The third kappa shape index (κ3) is 6.85. The first-order valence-electron chi connectivity index (χ1n) is 10.5. The van der Waals surface area contributed by atoms with Gasteiger partial charge in [-0.15, -0.1) is 0 Å². The summed E-state index contributed by atoms with van der Waals surface area (Å²) in [6.07, 6.45) is 1.03. The molecule has 2 rings (SSSR count). The van der Waals surface area contributed by atoms with Gasteiger partial charge in [0.25, 0.3) is 0 Å². The molecule has 0 aliphatic carbocycles. The van der Waals surface area contributed by atoms with Crippen LogP contribution in [-0.2, 0) is 26.2 Å². The molecule has 0 saturated carbocycles. The molecule has 0 aliphatic heterocycles. The van der Waals surface area contributed by atoms with Crippen LogP contribution in [0.5, 0.6) is 11.5 Å². The van der Waals surface area contributed by atoms with Crippen LogP contribution in [0, 0.1) is 0 Å². The van der Waals surface area contributed by atoms with E-state index in [4.69, 9.17) is 9.47 Å². The fraction of sp³-hybridized carbons (Fsp3) is 0.391. The first kappa shape index (κ1) is 26.0. The molecule has 2 aromatic rings. The van der Waals surface area contributed by atoms with Gasteiger partial charge in [0.2, 0.25) is 21.8 Å². The Morgan fingerprint density at radius 3 is 2.27 bits per heavy atom. The van der Waals surface area contributed by atoms with Crippen LogP contribution in [-0.4, -0.2) is 64.7 Å². The van der Waals surface area contributed by atoms with E-state index in [9.17, 15) is 18.0 Å². The van der Waals surface area contributed by atoms with Crippen molar-refractivity contribution in [1.29, 1.82) is 0 Å². The van der Waals surface area contributed by atoms with Crippen LogP contribution >= 0.6 is 0 Å². The second-order valence-corrected chi connectivity index (χ2v) is 9.24. The molecule has 0 saturated heterocycles. The number of benzene rings is 2. The summed E-state index contributed by atoms with van der Waals surface area (Å²) < 4.78 is 37.0. The van der Waals surface area contributed by atoms with E-state index >= 15 is 0 Å². The minimum atomic E-state index is -3.83. The van der Waals surface area contributed by atoms with Crippen LogP contribution in [0.1, 0.15) is 19.4 Å². The van der Waals surface area contributed by atoms with Crippen LogP contribution in [0.15, 0.2) is 48.5 Å². The molecule has 1 N–H and O–H groups in total. The highest BCUT2D eigenvalue weighted by atomic mass is 32.2. The smallest absolute Gasteiger partial charge is 0.244 e. The molecule has 0 aliphatic rings. The molecule has 0 heterocycles. The lowest BCUT2D eigenvalue weighted by Crippen LogP contribution is -2.50. The quantitative estimate of drug-likeness (QED) is 0.531. The highest BCUT2D eigenvalue weighted by molar-refractivity contribution is 7.92. The molecule has 0 spiro atoms. The van der Waals surface area contributed by atoms with E-state index in [2.05, 4.69) is 5.32 Å². The van der Waals surface area contributed by atoms with E-state index in [1.54, 1.807) is 69.5 Å². The van der Waals surface area contributed by atoms with E-state index in [1.807, 2.05) is 0 Å². The zero-order valence-electron chi connectivity index (χ0n) is 19.6. The van der Waals surface area contributed by atoms with Gasteiger partial charge in [0, 0.05) is 13.6 Å². The zero-order valence-corrected chi connectivity index (χ0v) is 20.4. The number of para-hydroxylation sites is 2. The first-order chi connectivity index (χ1) is 15.6. The van der Waals surface area contributed by atoms with Crippen molar-refractivity contribution in [3.63, 3.8) is 0 Å². The molecule has 2 aromatic carbocycles. The summed E-state index contributed by atoms with van der Waals surface area (Å²) in [5, 5.41) is 2.54. The average molecular weight is 478 g/mol. The number of carbonyl (C=O) groups is 2. The third-order valence-electron chi connectivity index (χ3n) is 5.04. The number of amides is 2. The van der Waals surface area contributed by atoms with Gasteiger partial charge in [0.15, 0.2) is 0 Å². The van der Waals surface area contributed by atoms with E-state index in [0.717, 1.165) is 16.1 Å². The Morgan fingerprint density at radius 2 is 1.73 bits per heavy atom. The van der Waals surface area contributed by atoms with Crippen molar-refractivity contribution in [2.45, 2.75) is 26.4 Å². The first-order valence-corrected chi connectivity index (χ1v) is 12.3. The maximum Gasteiger partial charge on any atom is 0.244 e. The van der Waals surface area contributed by atoms with Gasteiger partial charge in [-0.2, -0.15) is 0 Å². The molecule has 0 bridgehead atoms. The topological polar surface area (TPSA) is 105 Å². The highest BCUT2D eigenvalue weighted by Gasteiger charge is 2.30. The van der Waals surface area contributed by atoms with E-state index in [0.29, 0.717) is 18.1 Å². The van der Waals surface area contributed by atoms with Crippen molar-refractivity contribution < 1.29 is 27.5 Å². The molecule has 0 radical (unpaired) electrons. The van der Waals surface area contributed by atoms with E-state index < -0.39 is 28.5 Å². The number of anilines is 1. The zero-order chi connectivity index (χ0) is 24.6. The molecule has 1 atom stereocenters. The molecule has 2 amide bonds. The van der Waals surface area contributed by atoms with Gasteiger partial charge < -0.3 is 19.7 Å². The number of nitrogens with one attached hydrogen (secondary N) is 1. The van der Waals surface area contributed by atoms with Gasteiger partial charge in [-0.1, -0.05) is 24.3 Å². The number of sulfonamides is 1. The Balaban J connectivity index is 2.41. The fourth-order valence-corrected chi connectivity index (χ4v) is 4.11. The van der Waals surface area contributed by atoms with Crippen molar-refractivity contribution >= 4 is 27.5 Å². The molecule has 0 aromatic heterocycles. The Hall–Kier alpha value is -3.27. The Kier molecular flexibility index (Phi) is 9.10. The Labute approximate surface area is 195 Å². The maximum absolute atomic E-state index is 13.4. The van der Waals surface area contributed by atoms with E-state index in [1.165, 1.54) is 11.9 Å². The van der Waals surface area contributed by atoms with Crippen LogP contribution in [0.2, 0.25) is 0 Å². The minimum absolute atomic E-state index is 0.113. The van der Waals surface area contributed by atoms with Crippen LogP contribution < -0.4 is 19.1 Å². The Bertz CT molecular complexity index is 1060. The molecule has 33 heavy (non-hydrogen) atoms. The Morgan fingerprint density at radius 1 is 1.09 bits per heavy atom. The summed E-state index contributed by atoms with van der Waals surface area (Å²) in [5.41, 5.74) is 1.02. The molecular formula is C23H31N3O6S. The second-order valence-electron chi connectivity index (χ2n) is 7.33. The van der Waals surface area contributed by atoms with Gasteiger partial charge in [-0.3, -0.25) is 13.9 Å². The molecule has 0 fully saturated rings. The lowest BCUT2D eigenvalue weighted by atomic mass is 10.1. The molecule has 180 valence electrons. The summed E-state index contributed by atoms with van der Waals surface area (Å²) in [4.78, 5) is 27.1. The summed E-state index contributed by atoms with van der Waals surface area (Å²) in [7, 11) is -0.796. The van der Waals surface area contributed by atoms with Crippen molar-refractivity contribution in [3.05, 3.63) is 54.1 Å². The summed E-state index contributed by atoms with van der Waals surface area (Å²) in [6.45, 7) is 3.34. The number of ether oxygens (including phenoxy) is 2. The standard InChI is InChI=1S/C23H31N3O6S/c1-6-32-21-10-8-7-9-20(21)26(33(5,29)30)16-22(27)25(17(2)23(28)24-3)15-18-11-13-19(31-4)14-12-18/h7-14,17H,6,15-16H2,1-5H3,(H,24,28). The van der Waals surface area contributed by atoms with Crippen LogP contribution in [0.25, 0.3) is 0 Å². The maximum atomic E-state index is 13.4. The number of hydrogen-bond donors (Lipinski definition) is 1. The average Bonchev–Trinajstić information content (AvgIpc) is 2.80. The predicted octanol–water partition coefficient (Wildman–Crippen LogP) is 2.02. The number of carbonyl (C=O) groups excluding carboxylic acids is 2. The van der Waals surface area contributed by atoms with Crippen LogP contribution in [0.3, 0.4) is 0 Å². The largest absolute Gasteiger partial charge is 0.497 e. The summed E-state index contributed by atoms with van der Waals surface area (Å²) >= 11 is 0. The number of rotatable bonds is 11. The van der Waals surface area contributed by atoms with Gasteiger partial charge in [0.05, 0.1) is 25.7 Å². The summed E-state index contributed by atoms with van der Waals surface area (Å²) in [6, 6.07) is 12.9. The van der Waals surface area contributed by atoms with Gasteiger partial charge >= 0.3 is 0 Å². The van der Waals surface area contributed by atoms with E-state index in [-0.39, 0.29) is 18.1 Å². The van der Waals surface area contributed by atoms with Crippen molar-refractivity contribution in [2.75, 3.05) is 37.9 Å². The minimum Gasteiger partial charge on any atom is -0.497 e. The SMILES string of the molecule is CCOc1ccccc1N(CC(=O)N(Cc1ccc(OC)cc1)C(C)C(=O)NC)S(C)(=O)=O. The monoisotopic (exact) mass is 477 g/mol. The molecule has 9 nitrogen and oxygen atoms in total. The normalized spacial score (nSPS) is 11.9. The number of hydrogen-bond acceptors (Lipinski definition) is 6. The molecule has 10 heteroatoms. The second kappa shape index (κ2) is 11.6. The van der Waals surface area contributed by atoms with Crippen LogP contribution in [0.4, 0.5) is 5.69 Å². The lowest BCUT2D eigenvalue weighted by Gasteiger charge is -2.31. The number of likely N-dealkylation sites (N-methyl/N-ethyl adjacent to an activating group) is 1. The van der Waals surface area contributed by atoms with Gasteiger partial charge in [-0.05, 0) is 43.7 Å². The molecule has 1 unspecified atom stereocenters. The highest BCUT2D eigenvalue weighted by Crippen LogP contribution is 2.30. The number of methoxy groups -OCH3 is 1. The number of nitrogens with zero attached hydrogens (tertiary/aromatic N) is 2. The van der Waals surface area contributed by atoms with Gasteiger partial charge in [-0.25, -0.2) is 8.42 Å².